The normalized spacial score (nSPS) is 10.2. The van der Waals surface area contributed by atoms with Gasteiger partial charge in [-0.3, -0.25) is 4.79 Å². The summed E-state index contributed by atoms with van der Waals surface area (Å²) in [6, 6.07) is 11.5. The number of aryl methyl sites for hydroxylation is 2. The Morgan fingerprint density at radius 2 is 1.90 bits per heavy atom. The highest BCUT2D eigenvalue weighted by Crippen LogP contribution is 2.21. The monoisotopic (exact) mass is 287 g/mol. The van der Waals surface area contributed by atoms with Crippen molar-refractivity contribution in [2.75, 3.05) is 11.9 Å². The maximum absolute atomic E-state index is 12.8. The minimum Gasteiger partial charge on any atom is -0.484 e. The lowest BCUT2D eigenvalue weighted by Gasteiger charge is -2.13. The van der Waals surface area contributed by atoms with Gasteiger partial charge >= 0.3 is 0 Å². The molecule has 0 saturated carbocycles. The summed E-state index contributed by atoms with van der Waals surface area (Å²) in [5, 5.41) is 2.87. The highest BCUT2D eigenvalue weighted by atomic mass is 19.1. The van der Waals surface area contributed by atoms with Gasteiger partial charge in [0.05, 0.1) is 0 Å². The van der Waals surface area contributed by atoms with Crippen LogP contribution in [0.3, 0.4) is 0 Å². The summed E-state index contributed by atoms with van der Waals surface area (Å²) in [7, 11) is 0. The first kappa shape index (κ1) is 15.0. The van der Waals surface area contributed by atoms with E-state index in [2.05, 4.69) is 5.32 Å². The summed E-state index contributed by atoms with van der Waals surface area (Å²) >= 11 is 0. The Morgan fingerprint density at radius 3 is 2.57 bits per heavy atom. The van der Waals surface area contributed by atoms with Crippen LogP contribution in [0.25, 0.3) is 0 Å². The topological polar surface area (TPSA) is 38.3 Å². The lowest BCUT2D eigenvalue weighted by Crippen LogP contribution is -2.21. The summed E-state index contributed by atoms with van der Waals surface area (Å²) in [6.45, 7) is 3.89. The highest BCUT2D eigenvalue weighted by Gasteiger charge is 2.09. The van der Waals surface area contributed by atoms with E-state index < -0.39 is 0 Å². The summed E-state index contributed by atoms with van der Waals surface area (Å²) in [4.78, 5) is 12.0. The van der Waals surface area contributed by atoms with E-state index in [0.717, 1.165) is 23.2 Å². The van der Waals surface area contributed by atoms with Gasteiger partial charge in [-0.15, -0.1) is 0 Å². The molecule has 2 rings (SSSR count). The first-order chi connectivity index (χ1) is 10.1. The van der Waals surface area contributed by atoms with Crippen molar-refractivity contribution in [3.63, 3.8) is 0 Å². The molecule has 1 amide bonds. The fraction of sp³-hybridized carbons (Fsp3) is 0.235. The van der Waals surface area contributed by atoms with Crippen LogP contribution in [0.1, 0.15) is 18.1 Å². The van der Waals surface area contributed by atoms with Gasteiger partial charge < -0.3 is 10.1 Å². The molecule has 3 nitrogen and oxygen atoms in total. The first-order valence-electron chi connectivity index (χ1n) is 6.87. The van der Waals surface area contributed by atoms with Crippen molar-refractivity contribution < 1.29 is 13.9 Å². The van der Waals surface area contributed by atoms with Gasteiger partial charge in [-0.25, -0.2) is 4.39 Å². The van der Waals surface area contributed by atoms with Gasteiger partial charge in [-0.05, 0) is 48.7 Å². The number of para-hydroxylation sites is 1. The van der Waals surface area contributed by atoms with E-state index in [1.165, 1.54) is 24.3 Å². The summed E-state index contributed by atoms with van der Waals surface area (Å²) in [5.41, 5.74) is 2.95. The molecule has 0 spiro atoms. The Bertz CT molecular complexity index is 623. The molecule has 0 aromatic heterocycles. The lowest BCUT2D eigenvalue weighted by molar-refractivity contribution is -0.118. The van der Waals surface area contributed by atoms with Crippen molar-refractivity contribution >= 4 is 11.6 Å². The van der Waals surface area contributed by atoms with Gasteiger partial charge in [-0.1, -0.05) is 25.1 Å². The number of halogens is 1. The second kappa shape index (κ2) is 6.88. The molecule has 4 heteroatoms. The number of carbonyl (C=O) groups is 1. The average Bonchev–Trinajstić information content (AvgIpc) is 2.49. The zero-order valence-corrected chi connectivity index (χ0v) is 12.2. The van der Waals surface area contributed by atoms with Crippen LogP contribution < -0.4 is 10.1 Å². The smallest absolute Gasteiger partial charge is 0.262 e. The van der Waals surface area contributed by atoms with Crippen LogP contribution in [0.4, 0.5) is 10.1 Å². The first-order valence-corrected chi connectivity index (χ1v) is 6.87. The van der Waals surface area contributed by atoms with Crippen LogP contribution in [0.15, 0.2) is 42.5 Å². The number of hydrogen-bond acceptors (Lipinski definition) is 2. The molecule has 0 unspecified atom stereocenters. The van der Waals surface area contributed by atoms with Crippen molar-refractivity contribution in [2.24, 2.45) is 0 Å². The van der Waals surface area contributed by atoms with E-state index in [9.17, 15) is 9.18 Å². The molecular formula is C17H18FNO2. The maximum Gasteiger partial charge on any atom is 0.262 e. The molecule has 0 radical (unpaired) electrons. The Hall–Kier alpha value is -2.36. The van der Waals surface area contributed by atoms with Gasteiger partial charge in [0, 0.05) is 5.69 Å². The zero-order chi connectivity index (χ0) is 15.2. The number of anilines is 1. The summed E-state index contributed by atoms with van der Waals surface area (Å²) < 4.78 is 18.1. The van der Waals surface area contributed by atoms with Gasteiger partial charge in [0.1, 0.15) is 11.6 Å². The summed E-state index contributed by atoms with van der Waals surface area (Å²) in [5.74, 6) is -0.102. The number of nitrogens with one attached hydrogen (secondary N) is 1. The highest BCUT2D eigenvalue weighted by molar-refractivity contribution is 5.93. The van der Waals surface area contributed by atoms with Gasteiger partial charge in [0.15, 0.2) is 6.61 Å². The maximum atomic E-state index is 12.8. The molecule has 2 aromatic rings. The SMILES string of the molecule is CCc1cccc(C)c1NC(=O)COc1ccc(F)cc1. The Balaban J connectivity index is 1.97. The lowest BCUT2D eigenvalue weighted by atomic mass is 10.1. The third kappa shape index (κ3) is 4.05. The number of hydrogen-bond donors (Lipinski definition) is 1. The Labute approximate surface area is 123 Å². The fourth-order valence-corrected chi connectivity index (χ4v) is 2.06. The largest absolute Gasteiger partial charge is 0.484 e. The van der Waals surface area contributed by atoms with Crippen LogP contribution >= 0.6 is 0 Å². The molecule has 1 N–H and O–H groups in total. The van der Waals surface area contributed by atoms with Crippen molar-refractivity contribution in [1.29, 1.82) is 0 Å². The van der Waals surface area contributed by atoms with E-state index >= 15 is 0 Å². The standard InChI is InChI=1S/C17H18FNO2/c1-3-13-6-4-5-12(2)17(13)19-16(20)11-21-15-9-7-14(18)8-10-15/h4-10H,3,11H2,1-2H3,(H,19,20). The van der Waals surface area contributed by atoms with E-state index in [-0.39, 0.29) is 18.3 Å². The van der Waals surface area contributed by atoms with Crippen LogP contribution in [0.2, 0.25) is 0 Å². The van der Waals surface area contributed by atoms with E-state index in [0.29, 0.717) is 5.75 Å². The van der Waals surface area contributed by atoms with Gasteiger partial charge in [-0.2, -0.15) is 0 Å². The molecule has 0 fully saturated rings. The van der Waals surface area contributed by atoms with Crippen LogP contribution in [-0.2, 0) is 11.2 Å². The van der Waals surface area contributed by atoms with E-state index in [4.69, 9.17) is 4.74 Å². The van der Waals surface area contributed by atoms with Gasteiger partial charge in [0.25, 0.3) is 5.91 Å². The molecule has 0 aliphatic heterocycles. The molecule has 0 bridgehead atoms. The molecule has 0 atom stereocenters. The predicted molar refractivity (Wildman–Crippen MR) is 81.1 cm³/mol. The number of ether oxygens (including phenoxy) is 1. The average molecular weight is 287 g/mol. The van der Waals surface area contributed by atoms with E-state index in [1.54, 1.807) is 0 Å². The number of carbonyl (C=O) groups excluding carboxylic acids is 1. The van der Waals surface area contributed by atoms with Crippen LogP contribution in [0.5, 0.6) is 5.75 Å². The molecule has 110 valence electrons. The minimum atomic E-state index is -0.334. The Morgan fingerprint density at radius 1 is 1.19 bits per heavy atom. The van der Waals surface area contributed by atoms with Crippen molar-refractivity contribution in [3.8, 4) is 5.75 Å². The molecule has 0 aliphatic carbocycles. The third-order valence-electron chi connectivity index (χ3n) is 3.19. The van der Waals surface area contributed by atoms with Gasteiger partial charge in [0.2, 0.25) is 0 Å². The molecule has 0 heterocycles. The molecule has 2 aromatic carbocycles. The van der Waals surface area contributed by atoms with Crippen LogP contribution in [0, 0.1) is 12.7 Å². The number of benzene rings is 2. The third-order valence-corrected chi connectivity index (χ3v) is 3.19. The minimum absolute atomic E-state index is 0.108. The quantitative estimate of drug-likeness (QED) is 0.910. The molecule has 21 heavy (non-hydrogen) atoms. The summed E-state index contributed by atoms with van der Waals surface area (Å²) in [6.07, 6.45) is 0.843. The zero-order valence-electron chi connectivity index (χ0n) is 12.2. The number of amides is 1. The second-order valence-electron chi connectivity index (χ2n) is 4.75. The fourth-order valence-electron chi connectivity index (χ4n) is 2.06. The van der Waals surface area contributed by atoms with E-state index in [1.807, 2.05) is 32.0 Å². The van der Waals surface area contributed by atoms with Crippen molar-refractivity contribution in [2.45, 2.75) is 20.3 Å². The molecule has 0 saturated heterocycles. The molecule has 0 aliphatic rings. The van der Waals surface area contributed by atoms with Crippen LogP contribution in [-0.4, -0.2) is 12.5 Å². The molecular weight excluding hydrogens is 269 g/mol. The second-order valence-corrected chi connectivity index (χ2v) is 4.75. The predicted octanol–water partition coefficient (Wildman–Crippen LogP) is 3.71. The van der Waals surface area contributed by atoms with Crippen molar-refractivity contribution in [3.05, 3.63) is 59.4 Å². The number of rotatable bonds is 5. The Kier molecular flexibility index (Phi) is 4.93. The van der Waals surface area contributed by atoms with Crippen molar-refractivity contribution in [1.82, 2.24) is 0 Å².